The number of sulfonamides is 1. The number of hydrogen-bond donors (Lipinski definition) is 1. The Morgan fingerprint density at radius 1 is 1.06 bits per heavy atom. The van der Waals surface area contributed by atoms with Crippen molar-refractivity contribution in [3.63, 3.8) is 0 Å². The fraction of sp³-hybridized carbons (Fsp3) is 0.250. The maximum Gasteiger partial charge on any atom is 0.264 e. The molecule has 0 spiro atoms. The third-order valence-electron chi connectivity index (χ3n) is 4.79. The first-order valence-electron chi connectivity index (χ1n) is 10.6. The van der Waals surface area contributed by atoms with E-state index in [1.54, 1.807) is 30.5 Å². The Labute approximate surface area is 199 Å². The minimum Gasteiger partial charge on any atom is -0.494 e. The highest BCUT2D eigenvalue weighted by molar-refractivity contribution is 7.89. The van der Waals surface area contributed by atoms with Crippen LogP contribution >= 0.6 is 0 Å². The minimum absolute atomic E-state index is 0.0544. The summed E-state index contributed by atoms with van der Waals surface area (Å²) in [5, 5.41) is 2.78. The molecule has 9 nitrogen and oxygen atoms in total. The van der Waals surface area contributed by atoms with Gasteiger partial charge in [0.1, 0.15) is 11.5 Å². The summed E-state index contributed by atoms with van der Waals surface area (Å²) >= 11 is 0. The van der Waals surface area contributed by atoms with Gasteiger partial charge in [-0.05, 0) is 55.0 Å². The lowest BCUT2D eigenvalue weighted by Gasteiger charge is -2.15. The number of ether oxygens (including phenoxy) is 2. The molecule has 0 saturated heterocycles. The predicted octanol–water partition coefficient (Wildman–Crippen LogP) is 3.77. The number of nitrogens with one attached hydrogen (secondary N) is 1. The van der Waals surface area contributed by atoms with Crippen molar-refractivity contribution in [3.05, 3.63) is 78.0 Å². The molecule has 0 aliphatic carbocycles. The molecule has 3 aromatic rings. The monoisotopic (exact) mass is 485 g/mol. The van der Waals surface area contributed by atoms with E-state index in [2.05, 4.69) is 10.3 Å². The van der Waals surface area contributed by atoms with Gasteiger partial charge >= 0.3 is 0 Å². The summed E-state index contributed by atoms with van der Waals surface area (Å²) in [7, 11) is -1.35. The molecule has 0 fully saturated rings. The molecule has 3 rings (SSSR count). The summed E-state index contributed by atoms with van der Waals surface area (Å²) in [6.07, 6.45) is 2.52. The molecule has 0 unspecified atom stereocenters. The van der Waals surface area contributed by atoms with Gasteiger partial charge in [0.15, 0.2) is 0 Å². The van der Waals surface area contributed by atoms with Crippen molar-refractivity contribution in [1.82, 2.24) is 14.8 Å². The number of aromatic nitrogens is 1. The van der Waals surface area contributed by atoms with Gasteiger partial charge in [0.25, 0.3) is 15.9 Å². The van der Waals surface area contributed by atoms with Crippen LogP contribution in [0, 0.1) is 0 Å². The number of carbonyl (C=O) groups is 1. The molecule has 2 aromatic carbocycles. The average molecular weight is 486 g/mol. The van der Waals surface area contributed by atoms with E-state index in [4.69, 9.17) is 14.3 Å². The number of rotatable bonds is 11. The van der Waals surface area contributed by atoms with Crippen molar-refractivity contribution in [3.8, 4) is 17.4 Å². The second-order valence-corrected chi connectivity index (χ2v) is 9.13. The standard InChI is InChI=1S/C24H27N3O6S/c1-4-15-32-20-10-12-21(13-11-20)33-24-19(8-6-14-25-24)17-26-23(28)18-7-5-9-22(16-18)34(29,30)27(2)31-3/h5-14,16H,4,15,17H2,1-3H3,(H,26,28). The van der Waals surface area contributed by atoms with Crippen molar-refractivity contribution in [2.75, 3.05) is 20.8 Å². The fourth-order valence-electron chi connectivity index (χ4n) is 2.91. The lowest BCUT2D eigenvalue weighted by molar-refractivity contribution is -0.0258. The van der Waals surface area contributed by atoms with E-state index in [-0.39, 0.29) is 17.0 Å². The molecule has 10 heteroatoms. The van der Waals surface area contributed by atoms with Gasteiger partial charge in [-0.25, -0.2) is 13.4 Å². The zero-order chi connectivity index (χ0) is 24.6. The van der Waals surface area contributed by atoms with E-state index in [0.29, 0.717) is 23.8 Å². The molecule has 1 N–H and O–H groups in total. The van der Waals surface area contributed by atoms with Crippen LogP contribution in [0.2, 0.25) is 0 Å². The second-order valence-electron chi connectivity index (χ2n) is 7.20. The Balaban J connectivity index is 1.69. The normalized spacial score (nSPS) is 11.3. The minimum atomic E-state index is -3.87. The lowest BCUT2D eigenvalue weighted by atomic mass is 10.2. The van der Waals surface area contributed by atoms with E-state index in [0.717, 1.165) is 16.6 Å². The van der Waals surface area contributed by atoms with E-state index < -0.39 is 15.9 Å². The summed E-state index contributed by atoms with van der Waals surface area (Å²) < 4.78 is 37.1. The third-order valence-corrected chi connectivity index (χ3v) is 6.47. The number of hydroxylamine groups is 1. The average Bonchev–Trinajstić information content (AvgIpc) is 2.87. The molecule has 0 aliphatic heterocycles. The number of pyridine rings is 1. The highest BCUT2D eigenvalue weighted by Crippen LogP contribution is 2.25. The van der Waals surface area contributed by atoms with Gasteiger partial charge < -0.3 is 14.8 Å². The molecule has 180 valence electrons. The number of carbonyl (C=O) groups excluding carboxylic acids is 1. The van der Waals surface area contributed by atoms with Gasteiger partial charge in [-0.3, -0.25) is 9.63 Å². The summed E-state index contributed by atoms with van der Waals surface area (Å²) in [4.78, 5) is 21.7. The molecular formula is C24H27N3O6S. The quantitative estimate of drug-likeness (QED) is 0.412. The van der Waals surface area contributed by atoms with Crippen LogP contribution in [0.15, 0.2) is 71.8 Å². The Kier molecular flexibility index (Phi) is 8.58. The predicted molar refractivity (Wildman–Crippen MR) is 126 cm³/mol. The Hall–Kier alpha value is -3.47. The zero-order valence-corrected chi connectivity index (χ0v) is 20.0. The van der Waals surface area contributed by atoms with Gasteiger partial charge in [0, 0.05) is 30.9 Å². The van der Waals surface area contributed by atoms with Crippen LogP contribution in [0.4, 0.5) is 0 Å². The van der Waals surface area contributed by atoms with Crippen molar-refractivity contribution in [2.24, 2.45) is 0 Å². The van der Waals surface area contributed by atoms with Gasteiger partial charge in [0.2, 0.25) is 5.88 Å². The summed E-state index contributed by atoms with van der Waals surface area (Å²) in [6, 6.07) is 16.4. The maximum atomic E-state index is 12.7. The number of amides is 1. The number of benzene rings is 2. The first-order valence-corrected chi connectivity index (χ1v) is 12.0. The van der Waals surface area contributed by atoms with Crippen molar-refractivity contribution in [2.45, 2.75) is 24.8 Å². The lowest BCUT2D eigenvalue weighted by Crippen LogP contribution is -2.27. The van der Waals surface area contributed by atoms with Gasteiger partial charge in [-0.1, -0.05) is 23.5 Å². The highest BCUT2D eigenvalue weighted by Gasteiger charge is 2.22. The van der Waals surface area contributed by atoms with E-state index in [1.807, 2.05) is 19.1 Å². The molecular weight excluding hydrogens is 458 g/mol. The molecule has 0 bridgehead atoms. The van der Waals surface area contributed by atoms with Crippen LogP contribution in [0.3, 0.4) is 0 Å². The van der Waals surface area contributed by atoms with Crippen molar-refractivity contribution < 1.29 is 27.5 Å². The van der Waals surface area contributed by atoms with Crippen LogP contribution in [0.25, 0.3) is 0 Å². The summed E-state index contributed by atoms with van der Waals surface area (Å²) in [6.45, 7) is 2.81. The SMILES string of the molecule is CCCOc1ccc(Oc2ncccc2CNC(=O)c2cccc(S(=O)(=O)N(C)OC)c2)cc1. The van der Waals surface area contributed by atoms with Crippen LogP contribution in [0.5, 0.6) is 17.4 Å². The summed E-state index contributed by atoms with van der Waals surface area (Å²) in [5.41, 5.74) is 0.852. The zero-order valence-electron chi connectivity index (χ0n) is 19.2. The van der Waals surface area contributed by atoms with Gasteiger partial charge in [-0.2, -0.15) is 0 Å². The van der Waals surface area contributed by atoms with Gasteiger partial charge in [0.05, 0.1) is 18.6 Å². The fourth-order valence-corrected chi connectivity index (χ4v) is 3.93. The Morgan fingerprint density at radius 2 is 1.79 bits per heavy atom. The number of nitrogens with zero attached hydrogens (tertiary/aromatic N) is 2. The topological polar surface area (TPSA) is 107 Å². The highest BCUT2D eigenvalue weighted by atomic mass is 32.2. The first kappa shape index (κ1) is 25.2. The van der Waals surface area contributed by atoms with E-state index >= 15 is 0 Å². The molecule has 0 radical (unpaired) electrons. The van der Waals surface area contributed by atoms with Crippen molar-refractivity contribution in [1.29, 1.82) is 0 Å². The third kappa shape index (κ3) is 6.31. The van der Waals surface area contributed by atoms with Crippen LogP contribution in [-0.4, -0.2) is 44.5 Å². The smallest absolute Gasteiger partial charge is 0.264 e. The molecule has 1 amide bonds. The van der Waals surface area contributed by atoms with Crippen LogP contribution in [-0.2, 0) is 21.4 Å². The molecule has 0 atom stereocenters. The summed E-state index contributed by atoms with van der Waals surface area (Å²) in [5.74, 6) is 1.24. The maximum absolute atomic E-state index is 12.7. The van der Waals surface area contributed by atoms with Crippen molar-refractivity contribution >= 4 is 15.9 Å². The second kappa shape index (κ2) is 11.6. The molecule has 0 aliphatic rings. The number of hydrogen-bond acceptors (Lipinski definition) is 7. The molecule has 1 heterocycles. The molecule has 34 heavy (non-hydrogen) atoms. The first-order chi connectivity index (χ1) is 16.3. The van der Waals surface area contributed by atoms with Crippen LogP contribution < -0.4 is 14.8 Å². The molecule has 0 saturated carbocycles. The van der Waals surface area contributed by atoms with E-state index in [1.165, 1.54) is 38.4 Å². The van der Waals surface area contributed by atoms with Gasteiger partial charge in [-0.15, -0.1) is 0 Å². The van der Waals surface area contributed by atoms with Crippen LogP contribution in [0.1, 0.15) is 29.3 Å². The van der Waals surface area contributed by atoms with E-state index in [9.17, 15) is 13.2 Å². The Morgan fingerprint density at radius 3 is 2.50 bits per heavy atom. The molecule has 1 aromatic heterocycles. The largest absolute Gasteiger partial charge is 0.494 e. The Bertz CT molecular complexity index is 1220.